The molecular formula is C24H25N3O3S. The van der Waals surface area contributed by atoms with Crippen molar-refractivity contribution in [2.75, 3.05) is 19.7 Å². The van der Waals surface area contributed by atoms with Gasteiger partial charge in [0.25, 0.3) is 11.8 Å². The molecule has 0 spiro atoms. The van der Waals surface area contributed by atoms with Gasteiger partial charge in [-0.15, -0.1) is 11.3 Å². The van der Waals surface area contributed by atoms with Crippen LogP contribution in [-0.2, 0) is 4.79 Å². The first kappa shape index (κ1) is 20.0. The van der Waals surface area contributed by atoms with E-state index >= 15 is 0 Å². The van der Waals surface area contributed by atoms with Crippen LogP contribution in [0.2, 0.25) is 0 Å². The molecule has 2 fully saturated rings. The van der Waals surface area contributed by atoms with Crippen molar-refractivity contribution < 1.29 is 14.3 Å². The lowest BCUT2D eigenvalue weighted by Crippen LogP contribution is -2.54. The molecule has 2 bridgehead atoms. The van der Waals surface area contributed by atoms with Gasteiger partial charge in [-0.3, -0.25) is 9.59 Å². The van der Waals surface area contributed by atoms with Gasteiger partial charge in [-0.2, -0.15) is 0 Å². The van der Waals surface area contributed by atoms with Crippen LogP contribution in [0.5, 0.6) is 5.75 Å². The second-order valence-electron chi connectivity index (χ2n) is 8.48. The normalized spacial score (nSPS) is 22.5. The topological polar surface area (TPSA) is 71.5 Å². The van der Waals surface area contributed by atoms with Crippen molar-refractivity contribution in [2.24, 2.45) is 11.8 Å². The van der Waals surface area contributed by atoms with Gasteiger partial charge in [-0.05, 0) is 61.4 Å². The van der Waals surface area contributed by atoms with Crippen LogP contribution in [-0.4, -0.2) is 47.4 Å². The van der Waals surface area contributed by atoms with Gasteiger partial charge >= 0.3 is 0 Å². The van der Waals surface area contributed by atoms with Crippen LogP contribution in [0.3, 0.4) is 0 Å². The van der Waals surface area contributed by atoms with Gasteiger partial charge in [0.1, 0.15) is 5.75 Å². The number of nitrogens with zero attached hydrogens (tertiary/aromatic N) is 2. The van der Waals surface area contributed by atoms with Crippen LogP contribution < -0.4 is 10.1 Å². The van der Waals surface area contributed by atoms with E-state index in [2.05, 4.69) is 10.3 Å². The number of rotatable bonds is 5. The summed E-state index contributed by atoms with van der Waals surface area (Å²) in [5.74, 6) is 1.30. The van der Waals surface area contributed by atoms with E-state index in [4.69, 9.17) is 4.74 Å². The standard InChI is InChI=1S/C24H25N3O3S/c1-15-4-2-3-5-20(15)30-13-22(28)27-11-17-6-7-18(12-27)23(17)26-24(29)16-8-9-19-21(10-16)31-14-25-19/h2-5,8-10,14,17-18,23H,6-7,11-13H2,1H3,(H,26,29)/t17-,18+,23?. The molecule has 1 aliphatic heterocycles. The second-order valence-corrected chi connectivity index (χ2v) is 9.37. The van der Waals surface area contributed by atoms with E-state index < -0.39 is 0 Å². The third kappa shape index (κ3) is 4.02. The van der Waals surface area contributed by atoms with Gasteiger partial charge < -0.3 is 15.0 Å². The largest absolute Gasteiger partial charge is 0.484 e. The number of aryl methyl sites for hydroxylation is 1. The fourth-order valence-corrected chi connectivity index (χ4v) is 5.56. The van der Waals surface area contributed by atoms with Crippen molar-refractivity contribution in [3.63, 3.8) is 0 Å². The lowest BCUT2D eigenvalue weighted by molar-refractivity contribution is -0.135. The van der Waals surface area contributed by atoms with Crippen molar-refractivity contribution in [1.82, 2.24) is 15.2 Å². The highest BCUT2D eigenvalue weighted by Gasteiger charge is 2.44. The van der Waals surface area contributed by atoms with Crippen molar-refractivity contribution >= 4 is 33.4 Å². The maximum absolute atomic E-state index is 12.9. The Labute approximate surface area is 185 Å². The Morgan fingerprint density at radius 1 is 1.16 bits per heavy atom. The van der Waals surface area contributed by atoms with Crippen LogP contribution in [0.15, 0.2) is 48.0 Å². The van der Waals surface area contributed by atoms with Gasteiger partial charge in [0.2, 0.25) is 0 Å². The number of carbonyl (C=O) groups is 2. The zero-order valence-electron chi connectivity index (χ0n) is 17.4. The molecule has 7 heteroatoms. The van der Waals surface area contributed by atoms with Gasteiger partial charge in [-0.25, -0.2) is 4.98 Å². The third-order valence-corrected chi connectivity index (χ3v) is 7.31. The van der Waals surface area contributed by atoms with Crippen LogP contribution in [0.25, 0.3) is 10.2 Å². The molecule has 1 aliphatic carbocycles. The maximum Gasteiger partial charge on any atom is 0.260 e. The number of aromatic nitrogens is 1. The first-order chi connectivity index (χ1) is 15.1. The van der Waals surface area contributed by atoms with E-state index in [9.17, 15) is 9.59 Å². The lowest BCUT2D eigenvalue weighted by Gasteiger charge is -2.38. The van der Waals surface area contributed by atoms with Crippen LogP contribution in [0.1, 0.15) is 28.8 Å². The number of likely N-dealkylation sites (tertiary alicyclic amines) is 1. The average molecular weight is 436 g/mol. The Morgan fingerprint density at radius 2 is 1.94 bits per heavy atom. The number of fused-ring (bicyclic) bond motifs is 3. The molecule has 1 saturated carbocycles. The summed E-state index contributed by atoms with van der Waals surface area (Å²) in [5.41, 5.74) is 4.40. The van der Waals surface area contributed by atoms with Gasteiger partial charge in [0, 0.05) is 24.7 Å². The van der Waals surface area contributed by atoms with Crippen molar-refractivity contribution in [1.29, 1.82) is 0 Å². The van der Waals surface area contributed by atoms with Gasteiger partial charge in [-0.1, -0.05) is 18.2 Å². The number of hydrogen-bond acceptors (Lipinski definition) is 5. The molecule has 6 nitrogen and oxygen atoms in total. The Hall–Kier alpha value is -2.93. The highest BCUT2D eigenvalue weighted by molar-refractivity contribution is 7.16. The minimum absolute atomic E-state index is 0.0144. The summed E-state index contributed by atoms with van der Waals surface area (Å²) in [6, 6.07) is 13.5. The molecule has 5 rings (SSSR count). The first-order valence-corrected chi connectivity index (χ1v) is 11.6. The predicted octanol–water partition coefficient (Wildman–Crippen LogP) is 3.65. The van der Waals surface area contributed by atoms with Crippen LogP contribution >= 0.6 is 11.3 Å². The number of ether oxygens (including phenoxy) is 1. The number of hydrogen-bond donors (Lipinski definition) is 1. The summed E-state index contributed by atoms with van der Waals surface area (Å²) in [4.78, 5) is 31.8. The first-order valence-electron chi connectivity index (χ1n) is 10.7. The van der Waals surface area contributed by atoms with Crippen molar-refractivity contribution in [2.45, 2.75) is 25.8 Å². The summed E-state index contributed by atoms with van der Waals surface area (Å²) < 4.78 is 6.77. The van der Waals surface area contributed by atoms with Gasteiger partial charge in [0.15, 0.2) is 6.61 Å². The number of piperidine rings is 1. The van der Waals surface area contributed by atoms with E-state index in [-0.39, 0.29) is 36.3 Å². The minimum Gasteiger partial charge on any atom is -0.484 e. The highest BCUT2D eigenvalue weighted by atomic mass is 32.1. The predicted molar refractivity (Wildman–Crippen MR) is 120 cm³/mol. The molecule has 2 heterocycles. The Balaban J connectivity index is 1.20. The second kappa shape index (κ2) is 8.30. The number of nitrogens with one attached hydrogen (secondary N) is 1. The smallest absolute Gasteiger partial charge is 0.260 e. The fraction of sp³-hybridized carbons (Fsp3) is 0.375. The molecule has 1 aromatic heterocycles. The van der Waals surface area contributed by atoms with E-state index in [1.54, 1.807) is 5.51 Å². The number of thiazole rings is 1. The summed E-state index contributed by atoms with van der Waals surface area (Å²) >= 11 is 1.54. The third-order valence-electron chi connectivity index (χ3n) is 6.52. The summed E-state index contributed by atoms with van der Waals surface area (Å²) in [6.45, 7) is 3.37. The molecule has 3 atom stereocenters. The van der Waals surface area contributed by atoms with Crippen molar-refractivity contribution in [3.05, 3.63) is 59.1 Å². The molecule has 1 unspecified atom stereocenters. The lowest BCUT2D eigenvalue weighted by atomic mass is 9.91. The maximum atomic E-state index is 12.9. The number of benzene rings is 2. The zero-order valence-corrected chi connectivity index (χ0v) is 18.2. The molecule has 1 saturated heterocycles. The molecular weight excluding hydrogens is 410 g/mol. The molecule has 2 aliphatic rings. The van der Waals surface area contributed by atoms with E-state index in [1.165, 1.54) is 11.3 Å². The van der Waals surface area contributed by atoms with Crippen LogP contribution in [0, 0.1) is 18.8 Å². The summed E-state index contributed by atoms with van der Waals surface area (Å²) in [5, 5.41) is 3.25. The van der Waals surface area contributed by atoms with E-state index in [0.717, 1.165) is 34.4 Å². The molecule has 1 N–H and O–H groups in total. The SMILES string of the molecule is Cc1ccccc1OCC(=O)N1C[C@H]2CC[C@@H](C1)C2NC(=O)c1ccc2ncsc2c1. The number of carbonyl (C=O) groups excluding carboxylic acids is 2. The summed E-state index contributed by atoms with van der Waals surface area (Å²) in [6.07, 6.45) is 2.07. The molecule has 2 amide bonds. The Kier molecular flexibility index (Phi) is 5.36. The average Bonchev–Trinajstić information content (AvgIpc) is 3.33. The number of para-hydroxylation sites is 1. The fourth-order valence-electron chi connectivity index (χ4n) is 4.84. The zero-order chi connectivity index (χ0) is 21.4. The molecule has 31 heavy (non-hydrogen) atoms. The van der Waals surface area contributed by atoms with Crippen molar-refractivity contribution in [3.8, 4) is 5.75 Å². The van der Waals surface area contributed by atoms with E-state index in [0.29, 0.717) is 18.7 Å². The van der Waals surface area contributed by atoms with Crippen LogP contribution in [0.4, 0.5) is 0 Å². The molecule has 2 aromatic carbocycles. The molecule has 160 valence electrons. The molecule has 3 aromatic rings. The number of amides is 2. The highest BCUT2D eigenvalue weighted by Crippen LogP contribution is 2.37. The Morgan fingerprint density at radius 3 is 2.71 bits per heavy atom. The molecule has 0 radical (unpaired) electrons. The minimum atomic E-state index is -0.0418. The Bertz CT molecular complexity index is 1110. The monoisotopic (exact) mass is 435 g/mol. The van der Waals surface area contributed by atoms with Gasteiger partial charge in [0.05, 0.1) is 15.7 Å². The quantitative estimate of drug-likeness (QED) is 0.664. The summed E-state index contributed by atoms with van der Waals surface area (Å²) in [7, 11) is 0. The van der Waals surface area contributed by atoms with E-state index in [1.807, 2.05) is 54.3 Å².